The van der Waals surface area contributed by atoms with Crippen LogP contribution in [0.25, 0.3) is 0 Å². The molecule has 5 heteroatoms. The summed E-state index contributed by atoms with van der Waals surface area (Å²) in [6.07, 6.45) is 8.37. The van der Waals surface area contributed by atoms with Crippen LogP contribution in [-0.2, 0) is 11.1 Å². The highest BCUT2D eigenvalue weighted by Crippen LogP contribution is 2.08. The topological polar surface area (TPSA) is 67.2 Å². The van der Waals surface area contributed by atoms with Gasteiger partial charge in [-0.3, -0.25) is 4.21 Å². The predicted molar refractivity (Wildman–Crippen MR) is 57.2 cm³/mol. The van der Waals surface area contributed by atoms with Gasteiger partial charge in [-0.25, -0.2) is 0 Å². The zero-order valence-corrected chi connectivity index (χ0v) is 9.20. The minimum Gasteiger partial charge on any atom is -0.768 e. The number of likely N-dealkylation sites (tertiary alicyclic amines) is 1. The average Bonchev–Trinajstić information content (AvgIpc) is 2.25. The highest BCUT2D eigenvalue weighted by atomic mass is 32.2. The van der Waals surface area contributed by atoms with E-state index in [-0.39, 0.29) is 4.91 Å². The quantitative estimate of drug-likeness (QED) is 0.412. The highest BCUT2D eigenvalue weighted by Gasteiger charge is 2.04. The lowest BCUT2D eigenvalue weighted by molar-refractivity contribution is 0.309. The Morgan fingerprint density at radius 1 is 1.40 bits per heavy atom. The molecule has 0 aliphatic carbocycles. The molecule has 1 saturated heterocycles. The number of rotatable bonds is 3. The molecule has 0 amide bonds. The SMILES string of the molecule is N#C/C(=C\C=C\N1CCCCC1)S(=O)[O-]. The first-order chi connectivity index (χ1) is 7.24. The van der Waals surface area contributed by atoms with Crippen molar-refractivity contribution in [3.05, 3.63) is 23.3 Å². The van der Waals surface area contributed by atoms with Crippen molar-refractivity contribution in [3.8, 4) is 6.07 Å². The predicted octanol–water partition coefficient (Wildman–Crippen LogP) is 1.27. The molecule has 0 N–H and O–H groups in total. The molecule has 82 valence electrons. The van der Waals surface area contributed by atoms with E-state index in [0.29, 0.717) is 0 Å². The fourth-order valence-corrected chi connectivity index (χ4v) is 1.71. The number of nitrogens with zero attached hydrogens (tertiary/aromatic N) is 2. The van der Waals surface area contributed by atoms with Crippen LogP contribution in [0.15, 0.2) is 23.3 Å². The summed E-state index contributed by atoms with van der Waals surface area (Å²) in [7, 11) is 0. The number of nitriles is 1. The van der Waals surface area contributed by atoms with Crippen LogP contribution in [-0.4, -0.2) is 26.8 Å². The molecule has 1 aliphatic heterocycles. The van der Waals surface area contributed by atoms with Gasteiger partial charge >= 0.3 is 0 Å². The fraction of sp³-hybridized carbons (Fsp3) is 0.500. The van der Waals surface area contributed by atoms with Crippen LogP contribution in [0.1, 0.15) is 19.3 Å². The van der Waals surface area contributed by atoms with Crippen LogP contribution in [0.2, 0.25) is 0 Å². The van der Waals surface area contributed by atoms with E-state index in [9.17, 15) is 8.76 Å². The Morgan fingerprint density at radius 2 is 2.07 bits per heavy atom. The molecule has 0 spiro atoms. The number of allylic oxidation sites excluding steroid dienone is 3. The molecule has 15 heavy (non-hydrogen) atoms. The molecular weight excluding hydrogens is 212 g/mol. The minimum absolute atomic E-state index is 0.233. The van der Waals surface area contributed by atoms with Gasteiger partial charge in [0.25, 0.3) is 0 Å². The fourth-order valence-electron chi connectivity index (χ4n) is 1.45. The van der Waals surface area contributed by atoms with Crippen LogP contribution >= 0.6 is 0 Å². The Labute approximate surface area is 92.2 Å². The highest BCUT2D eigenvalue weighted by molar-refractivity contribution is 7.83. The van der Waals surface area contributed by atoms with Gasteiger partial charge in [0.1, 0.15) is 11.0 Å². The van der Waals surface area contributed by atoms with E-state index in [4.69, 9.17) is 5.26 Å². The molecule has 1 rings (SSSR count). The van der Waals surface area contributed by atoms with Crippen molar-refractivity contribution in [2.45, 2.75) is 19.3 Å². The van der Waals surface area contributed by atoms with E-state index in [2.05, 4.69) is 4.90 Å². The van der Waals surface area contributed by atoms with Crippen molar-refractivity contribution >= 4 is 11.1 Å². The molecule has 1 aliphatic rings. The van der Waals surface area contributed by atoms with E-state index >= 15 is 0 Å². The molecule has 1 atom stereocenters. The first kappa shape index (κ1) is 12.0. The van der Waals surface area contributed by atoms with Gasteiger partial charge in [0.15, 0.2) is 0 Å². The second-order valence-corrected chi connectivity index (χ2v) is 4.22. The maximum atomic E-state index is 10.5. The summed E-state index contributed by atoms with van der Waals surface area (Å²) in [5, 5.41) is 8.47. The molecule has 0 aromatic rings. The zero-order valence-electron chi connectivity index (χ0n) is 8.39. The molecule has 1 unspecified atom stereocenters. The van der Waals surface area contributed by atoms with Crippen molar-refractivity contribution < 1.29 is 8.76 Å². The maximum Gasteiger partial charge on any atom is 0.108 e. The Balaban J connectivity index is 2.50. The molecule has 0 radical (unpaired) electrons. The monoisotopic (exact) mass is 225 g/mol. The summed E-state index contributed by atoms with van der Waals surface area (Å²) in [4.78, 5) is 1.89. The molecule has 0 bridgehead atoms. The summed E-state index contributed by atoms with van der Waals surface area (Å²) in [5.41, 5.74) is 0. The number of hydrogen-bond acceptors (Lipinski definition) is 4. The van der Waals surface area contributed by atoms with Gasteiger partial charge in [0.05, 0.1) is 0 Å². The van der Waals surface area contributed by atoms with Gasteiger partial charge in [-0.2, -0.15) is 5.26 Å². The van der Waals surface area contributed by atoms with E-state index in [0.717, 1.165) is 13.1 Å². The lowest BCUT2D eigenvalue weighted by Crippen LogP contribution is -2.23. The third-order valence-electron chi connectivity index (χ3n) is 2.22. The smallest absolute Gasteiger partial charge is 0.108 e. The van der Waals surface area contributed by atoms with E-state index in [1.807, 2.05) is 6.20 Å². The van der Waals surface area contributed by atoms with Gasteiger partial charge in [-0.1, -0.05) is 0 Å². The van der Waals surface area contributed by atoms with Crippen molar-refractivity contribution in [1.29, 1.82) is 5.26 Å². The Hall–Kier alpha value is -1.12. The minimum atomic E-state index is -2.43. The van der Waals surface area contributed by atoms with Crippen molar-refractivity contribution in [3.63, 3.8) is 0 Å². The second-order valence-electron chi connectivity index (χ2n) is 3.32. The van der Waals surface area contributed by atoms with Crippen molar-refractivity contribution in [1.82, 2.24) is 4.90 Å². The summed E-state index contributed by atoms with van der Waals surface area (Å²) in [6, 6.07) is 1.62. The lowest BCUT2D eigenvalue weighted by Gasteiger charge is -2.24. The zero-order chi connectivity index (χ0) is 11.1. The molecule has 4 nitrogen and oxygen atoms in total. The first-order valence-corrected chi connectivity index (χ1v) is 5.93. The van der Waals surface area contributed by atoms with Gasteiger partial charge in [-0.15, -0.1) is 0 Å². The molecule has 0 aromatic carbocycles. The summed E-state index contributed by atoms with van der Waals surface area (Å²) >= 11 is -2.43. The van der Waals surface area contributed by atoms with E-state index in [1.165, 1.54) is 25.3 Å². The van der Waals surface area contributed by atoms with Crippen molar-refractivity contribution in [2.24, 2.45) is 0 Å². The van der Waals surface area contributed by atoms with Gasteiger partial charge in [0, 0.05) is 13.1 Å². The van der Waals surface area contributed by atoms with Crippen LogP contribution < -0.4 is 0 Å². The summed E-state index contributed by atoms with van der Waals surface area (Å²) in [6.45, 7) is 2.01. The first-order valence-electron chi connectivity index (χ1n) is 4.86. The average molecular weight is 225 g/mol. The van der Waals surface area contributed by atoms with E-state index < -0.39 is 11.1 Å². The molecular formula is C10H13N2O2S-. The standard InChI is InChI=1S/C10H14N2O2S/c11-9-10(15(13)14)5-4-8-12-6-2-1-3-7-12/h4-5,8H,1-3,6-7H2,(H,13,14)/p-1/b8-4+,10-5+. The van der Waals surface area contributed by atoms with Crippen molar-refractivity contribution in [2.75, 3.05) is 13.1 Å². The third kappa shape index (κ3) is 4.28. The molecule has 1 heterocycles. The van der Waals surface area contributed by atoms with Crippen LogP contribution in [0.5, 0.6) is 0 Å². The summed E-state index contributed by atoms with van der Waals surface area (Å²) < 4.78 is 20.9. The van der Waals surface area contributed by atoms with E-state index in [1.54, 1.807) is 12.1 Å². The van der Waals surface area contributed by atoms with Crippen LogP contribution in [0.4, 0.5) is 0 Å². The van der Waals surface area contributed by atoms with Gasteiger partial charge in [0.2, 0.25) is 0 Å². The third-order valence-corrected chi connectivity index (χ3v) is 2.81. The second kappa shape index (κ2) is 6.38. The van der Waals surface area contributed by atoms with Crippen LogP contribution in [0, 0.1) is 11.3 Å². The Kier molecular flexibility index (Phi) is 5.08. The Bertz CT molecular complexity index is 325. The molecule has 1 fully saturated rings. The lowest BCUT2D eigenvalue weighted by atomic mass is 10.1. The molecule has 0 saturated carbocycles. The van der Waals surface area contributed by atoms with Crippen LogP contribution in [0.3, 0.4) is 0 Å². The normalized spacial score (nSPS) is 20.3. The largest absolute Gasteiger partial charge is 0.768 e. The van der Waals surface area contributed by atoms with Gasteiger partial charge < -0.3 is 9.45 Å². The Morgan fingerprint density at radius 3 is 2.60 bits per heavy atom. The molecule has 0 aromatic heterocycles. The number of piperidine rings is 1. The number of hydrogen-bond donors (Lipinski definition) is 0. The van der Waals surface area contributed by atoms with Gasteiger partial charge in [-0.05, 0) is 48.7 Å². The summed E-state index contributed by atoms with van der Waals surface area (Å²) in [5.74, 6) is 0. The maximum absolute atomic E-state index is 10.5.